The lowest BCUT2D eigenvalue weighted by Gasteiger charge is -2.01. The number of hydrogen-bond donors (Lipinski definition) is 0. The maximum atomic E-state index is 11.7. The van der Waals surface area contributed by atoms with E-state index in [2.05, 4.69) is 6.07 Å². The highest BCUT2D eigenvalue weighted by Crippen LogP contribution is 2.10. The summed E-state index contributed by atoms with van der Waals surface area (Å²) >= 11 is 0. The van der Waals surface area contributed by atoms with E-state index in [1.165, 1.54) is 0 Å². The van der Waals surface area contributed by atoms with Crippen LogP contribution < -0.4 is 0 Å². The predicted molar refractivity (Wildman–Crippen MR) is 57.3 cm³/mol. The fourth-order valence-corrected chi connectivity index (χ4v) is 2.35. The average molecular weight is 207 g/mol. The van der Waals surface area contributed by atoms with Crippen molar-refractivity contribution in [3.8, 4) is 6.07 Å². The Labute approximate surface area is 87.0 Å². The summed E-state index contributed by atoms with van der Waals surface area (Å²) in [7, 11) is -0.946. The third-order valence-corrected chi connectivity index (χ3v) is 3.31. The lowest BCUT2D eigenvalue weighted by Crippen LogP contribution is -1.97. The summed E-state index contributed by atoms with van der Waals surface area (Å²) in [5.74, 6) is 0.580. The molecule has 0 bridgehead atoms. The van der Waals surface area contributed by atoms with Crippen LogP contribution in [-0.2, 0) is 10.8 Å². The third-order valence-electron chi connectivity index (χ3n) is 1.87. The zero-order valence-corrected chi connectivity index (χ0v) is 9.01. The van der Waals surface area contributed by atoms with E-state index >= 15 is 0 Å². The summed E-state index contributed by atoms with van der Waals surface area (Å²) in [5, 5.41) is 8.34. The minimum absolute atomic E-state index is 0.484. The van der Waals surface area contributed by atoms with Crippen molar-refractivity contribution in [3.63, 3.8) is 0 Å². The SMILES string of the molecule is Cc1cccc(S(=O)CCCC#N)c1. The maximum Gasteiger partial charge on any atom is 0.0622 e. The van der Waals surface area contributed by atoms with Gasteiger partial charge < -0.3 is 0 Å². The van der Waals surface area contributed by atoms with Gasteiger partial charge in [-0.1, -0.05) is 12.1 Å². The van der Waals surface area contributed by atoms with Crippen LogP contribution in [0.1, 0.15) is 18.4 Å². The topological polar surface area (TPSA) is 40.9 Å². The van der Waals surface area contributed by atoms with Gasteiger partial charge in [-0.05, 0) is 31.0 Å². The molecule has 0 fully saturated rings. The van der Waals surface area contributed by atoms with Crippen molar-refractivity contribution in [2.24, 2.45) is 0 Å². The first kappa shape index (κ1) is 10.9. The van der Waals surface area contributed by atoms with Gasteiger partial charge in [-0.3, -0.25) is 4.21 Å². The number of hydrogen-bond acceptors (Lipinski definition) is 2. The lowest BCUT2D eigenvalue weighted by molar-refractivity contribution is 0.681. The summed E-state index contributed by atoms with van der Waals surface area (Å²) in [5.41, 5.74) is 1.12. The summed E-state index contributed by atoms with van der Waals surface area (Å²) in [6.45, 7) is 1.98. The molecule has 0 aliphatic rings. The third kappa shape index (κ3) is 3.31. The Balaban J connectivity index is 2.57. The molecule has 0 spiro atoms. The van der Waals surface area contributed by atoms with E-state index < -0.39 is 10.8 Å². The van der Waals surface area contributed by atoms with E-state index in [0.717, 1.165) is 10.5 Å². The first-order valence-electron chi connectivity index (χ1n) is 4.56. The Kier molecular flexibility index (Phi) is 4.34. The summed E-state index contributed by atoms with van der Waals surface area (Å²) in [4.78, 5) is 0.864. The Morgan fingerprint density at radius 3 is 2.93 bits per heavy atom. The molecule has 1 atom stereocenters. The molecular weight excluding hydrogens is 194 g/mol. The Morgan fingerprint density at radius 1 is 1.50 bits per heavy atom. The second kappa shape index (κ2) is 5.56. The fourth-order valence-electron chi connectivity index (χ4n) is 1.16. The summed E-state index contributed by atoms with van der Waals surface area (Å²) < 4.78 is 11.7. The molecule has 0 amide bonds. The molecule has 0 heterocycles. The van der Waals surface area contributed by atoms with Crippen molar-refractivity contribution >= 4 is 10.8 Å². The average Bonchev–Trinajstić information content (AvgIpc) is 2.18. The van der Waals surface area contributed by atoms with Gasteiger partial charge in [0.1, 0.15) is 0 Å². The molecule has 0 saturated heterocycles. The second-order valence-corrected chi connectivity index (χ2v) is 4.70. The number of rotatable bonds is 4. The minimum Gasteiger partial charge on any atom is -0.254 e. The molecule has 2 nitrogen and oxygen atoms in total. The van der Waals surface area contributed by atoms with Gasteiger partial charge in [0.25, 0.3) is 0 Å². The van der Waals surface area contributed by atoms with E-state index in [1.807, 2.05) is 31.2 Å². The molecule has 1 rings (SSSR count). The predicted octanol–water partition coefficient (Wildman–Crippen LogP) is 2.41. The normalized spacial score (nSPS) is 12.0. The van der Waals surface area contributed by atoms with Crippen molar-refractivity contribution in [2.75, 3.05) is 5.75 Å². The minimum atomic E-state index is -0.946. The van der Waals surface area contributed by atoms with Crippen LogP contribution in [-0.4, -0.2) is 9.96 Å². The van der Waals surface area contributed by atoms with Gasteiger partial charge in [-0.15, -0.1) is 0 Å². The smallest absolute Gasteiger partial charge is 0.0622 e. The van der Waals surface area contributed by atoms with Gasteiger partial charge in [0.2, 0.25) is 0 Å². The van der Waals surface area contributed by atoms with Crippen LogP contribution in [0, 0.1) is 18.3 Å². The van der Waals surface area contributed by atoms with Gasteiger partial charge in [0.05, 0.1) is 16.9 Å². The molecule has 0 N–H and O–H groups in total. The van der Waals surface area contributed by atoms with E-state index in [0.29, 0.717) is 18.6 Å². The highest BCUT2D eigenvalue weighted by molar-refractivity contribution is 7.85. The van der Waals surface area contributed by atoms with Crippen LogP contribution in [0.5, 0.6) is 0 Å². The monoisotopic (exact) mass is 207 g/mol. The summed E-state index contributed by atoms with van der Waals surface area (Å²) in [6, 6.07) is 9.75. The molecule has 0 aliphatic carbocycles. The summed E-state index contributed by atoms with van der Waals surface area (Å²) in [6.07, 6.45) is 1.19. The number of benzene rings is 1. The van der Waals surface area contributed by atoms with Gasteiger partial charge in [-0.25, -0.2) is 0 Å². The quantitative estimate of drug-likeness (QED) is 0.711. The molecule has 3 heteroatoms. The van der Waals surface area contributed by atoms with Gasteiger partial charge in [0.15, 0.2) is 0 Å². The number of aryl methyl sites for hydroxylation is 1. The van der Waals surface area contributed by atoms with E-state index in [-0.39, 0.29) is 0 Å². The van der Waals surface area contributed by atoms with Gasteiger partial charge in [0, 0.05) is 17.1 Å². The molecule has 1 aromatic carbocycles. The van der Waals surface area contributed by atoms with Crippen LogP contribution in [0.25, 0.3) is 0 Å². The van der Waals surface area contributed by atoms with Crippen molar-refractivity contribution in [2.45, 2.75) is 24.7 Å². The van der Waals surface area contributed by atoms with Crippen LogP contribution in [0.2, 0.25) is 0 Å². The first-order valence-corrected chi connectivity index (χ1v) is 5.88. The standard InChI is InChI=1S/C11H13NOS/c1-10-5-4-6-11(9-10)14(13)8-3-2-7-12/h4-6,9H,2-3,8H2,1H3. The molecule has 0 aliphatic heterocycles. The fraction of sp³-hybridized carbons (Fsp3) is 0.364. The van der Waals surface area contributed by atoms with E-state index in [9.17, 15) is 4.21 Å². The Morgan fingerprint density at radius 2 is 2.29 bits per heavy atom. The van der Waals surface area contributed by atoms with Crippen molar-refractivity contribution in [1.29, 1.82) is 5.26 Å². The van der Waals surface area contributed by atoms with Crippen molar-refractivity contribution in [3.05, 3.63) is 29.8 Å². The molecule has 74 valence electrons. The van der Waals surface area contributed by atoms with Crippen LogP contribution in [0.3, 0.4) is 0 Å². The first-order chi connectivity index (χ1) is 6.74. The highest BCUT2D eigenvalue weighted by Gasteiger charge is 2.02. The molecule has 0 saturated carbocycles. The molecule has 14 heavy (non-hydrogen) atoms. The Hall–Kier alpha value is -1.14. The lowest BCUT2D eigenvalue weighted by atomic mass is 10.2. The highest BCUT2D eigenvalue weighted by atomic mass is 32.2. The van der Waals surface area contributed by atoms with E-state index in [4.69, 9.17) is 5.26 Å². The molecule has 0 aromatic heterocycles. The molecule has 1 unspecified atom stereocenters. The number of nitrogens with zero attached hydrogens (tertiary/aromatic N) is 1. The van der Waals surface area contributed by atoms with Crippen LogP contribution in [0.15, 0.2) is 29.2 Å². The van der Waals surface area contributed by atoms with Gasteiger partial charge in [-0.2, -0.15) is 5.26 Å². The van der Waals surface area contributed by atoms with Crippen molar-refractivity contribution in [1.82, 2.24) is 0 Å². The zero-order chi connectivity index (χ0) is 10.4. The molecule has 0 radical (unpaired) electrons. The maximum absolute atomic E-state index is 11.7. The Bertz CT molecular complexity index is 368. The molecule has 1 aromatic rings. The molecular formula is C11H13NOS. The van der Waals surface area contributed by atoms with E-state index in [1.54, 1.807) is 0 Å². The van der Waals surface area contributed by atoms with Crippen LogP contribution in [0.4, 0.5) is 0 Å². The number of nitriles is 1. The van der Waals surface area contributed by atoms with Crippen LogP contribution >= 0.6 is 0 Å². The number of unbranched alkanes of at least 4 members (excludes halogenated alkanes) is 1. The largest absolute Gasteiger partial charge is 0.254 e. The zero-order valence-electron chi connectivity index (χ0n) is 8.19. The second-order valence-electron chi connectivity index (χ2n) is 3.13. The van der Waals surface area contributed by atoms with Gasteiger partial charge >= 0.3 is 0 Å². The van der Waals surface area contributed by atoms with Crippen molar-refractivity contribution < 1.29 is 4.21 Å².